The summed E-state index contributed by atoms with van der Waals surface area (Å²) in [5.41, 5.74) is 3.81. The number of fused-ring (bicyclic) bond motifs is 1. The molecule has 2 N–H and O–H groups in total. The molecule has 0 fully saturated rings. The minimum atomic E-state index is 0.719. The van der Waals surface area contributed by atoms with Crippen LogP contribution in [0.25, 0.3) is 0 Å². The average Bonchev–Trinajstić information content (AvgIpc) is 2.17. The van der Waals surface area contributed by atoms with Gasteiger partial charge in [0.2, 0.25) is 0 Å². The predicted molar refractivity (Wildman–Crippen MR) is 58.9 cm³/mol. The molecule has 1 aromatic carbocycles. The summed E-state index contributed by atoms with van der Waals surface area (Å²) in [6.07, 6.45) is 1.08. The number of nitrogens with one attached hydrogen (secondary N) is 2. The molecule has 2 nitrogen and oxygen atoms in total. The van der Waals surface area contributed by atoms with E-state index in [1.54, 1.807) is 0 Å². The molecule has 1 aliphatic rings. The van der Waals surface area contributed by atoms with E-state index >= 15 is 0 Å². The molecule has 1 heterocycles. The molecule has 1 aliphatic heterocycles. The van der Waals surface area contributed by atoms with Crippen molar-refractivity contribution in [3.63, 3.8) is 0 Å². The maximum Gasteiger partial charge on any atom is 0.171 e. The molecule has 0 aromatic heterocycles. The summed E-state index contributed by atoms with van der Waals surface area (Å²) in [6, 6.07) is 6.46. The molecule has 0 amide bonds. The van der Waals surface area contributed by atoms with E-state index < -0.39 is 0 Å². The Morgan fingerprint density at radius 2 is 2.31 bits per heavy atom. The second-order valence-electron chi connectivity index (χ2n) is 3.15. The Balaban J connectivity index is 2.36. The van der Waals surface area contributed by atoms with Crippen LogP contribution in [0, 0.1) is 0 Å². The summed E-state index contributed by atoms with van der Waals surface area (Å²) in [4.78, 5) is 0. The second-order valence-corrected chi connectivity index (χ2v) is 3.56. The lowest BCUT2D eigenvalue weighted by atomic mass is 10.1. The molecule has 0 spiro atoms. The van der Waals surface area contributed by atoms with Crippen molar-refractivity contribution in [3.8, 4) is 0 Å². The summed E-state index contributed by atoms with van der Waals surface area (Å²) >= 11 is 5.02. The van der Waals surface area contributed by atoms with Crippen molar-refractivity contribution in [2.24, 2.45) is 0 Å². The van der Waals surface area contributed by atoms with Crippen LogP contribution in [-0.4, -0.2) is 5.11 Å². The van der Waals surface area contributed by atoms with Crippen molar-refractivity contribution in [2.45, 2.75) is 19.9 Å². The van der Waals surface area contributed by atoms with E-state index in [1.165, 1.54) is 11.1 Å². The molecule has 0 aliphatic carbocycles. The molecule has 2 rings (SSSR count). The molecule has 0 atom stereocenters. The van der Waals surface area contributed by atoms with Crippen LogP contribution >= 0.6 is 12.2 Å². The van der Waals surface area contributed by atoms with E-state index in [1.807, 2.05) is 0 Å². The molecule has 13 heavy (non-hydrogen) atoms. The Bertz CT molecular complexity index is 347. The molecular formula is C10H12N2S. The van der Waals surface area contributed by atoms with E-state index in [4.69, 9.17) is 12.2 Å². The van der Waals surface area contributed by atoms with Crippen molar-refractivity contribution in [1.82, 2.24) is 5.32 Å². The van der Waals surface area contributed by atoms with Gasteiger partial charge < -0.3 is 10.6 Å². The lowest BCUT2D eigenvalue weighted by Crippen LogP contribution is -2.33. The zero-order chi connectivity index (χ0) is 9.26. The van der Waals surface area contributed by atoms with Crippen molar-refractivity contribution >= 4 is 23.0 Å². The van der Waals surface area contributed by atoms with Gasteiger partial charge in [0, 0.05) is 12.2 Å². The first-order valence-corrected chi connectivity index (χ1v) is 4.87. The van der Waals surface area contributed by atoms with Crippen LogP contribution in [-0.2, 0) is 13.0 Å². The summed E-state index contributed by atoms with van der Waals surface area (Å²) in [5.74, 6) is 0. The van der Waals surface area contributed by atoms with Gasteiger partial charge in [-0.15, -0.1) is 0 Å². The highest BCUT2D eigenvalue weighted by molar-refractivity contribution is 7.80. The number of hydrogen-bond donors (Lipinski definition) is 2. The zero-order valence-electron chi connectivity index (χ0n) is 7.55. The normalized spacial score (nSPS) is 14.4. The van der Waals surface area contributed by atoms with E-state index in [9.17, 15) is 0 Å². The van der Waals surface area contributed by atoms with Gasteiger partial charge in [0.15, 0.2) is 5.11 Å². The Kier molecular flexibility index (Phi) is 2.19. The predicted octanol–water partition coefficient (Wildman–Crippen LogP) is 2.05. The Morgan fingerprint density at radius 1 is 1.46 bits per heavy atom. The molecule has 1 aromatic rings. The summed E-state index contributed by atoms with van der Waals surface area (Å²) in [7, 11) is 0. The summed E-state index contributed by atoms with van der Waals surface area (Å²) in [5, 5.41) is 6.96. The van der Waals surface area contributed by atoms with Gasteiger partial charge in [0.1, 0.15) is 0 Å². The van der Waals surface area contributed by atoms with E-state index in [0.717, 1.165) is 23.8 Å². The number of thiocarbonyl (C=S) groups is 1. The van der Waals surface area contributed by atoms with Gasteiger partial charge in [-0.05, 0) is 35.8 Å². The minimum Gasteiger partial charge on any atom is -0.358 e. The van der Waals surface area contributed by atoms with Gasteiger partial charge in [-0.3, -0.25) is 0 Å². The first-order chi connectivity index (χ1) is 6.29. The topological polar surface area (TPSA) is 24.1 Å². The third-order valence-electron chi connectivity index (χ3n) is 2.27. The highest BCUT2D eigenvalue weighted by Gasteiger charge is 2.10. The summed E-state index contributed by atoms with van der Waals surface area (Å²) < 4.78 is 0. The monoisotopic (exact) mass is 192 g/mol. The summed E-state index contributed by atoms with van der Waals surface area (Å²) in [6.45, 7) is 3.01. The lowest BCUT2D eigenvalue weighted by Gasteiger charge is -2.20. The largest absolute Gasteiger partial charge is 0.358 e. The maximum atomic E-state index is 5.02. The van der Waals surface area contributed by atoms with Crippen LogP contribution < -0.4 is 10.6 Å². The zero-order valence-corrected chi connectivity index (χ0v) is 8.37. The van der Waals surface area contributed by atoms with E-state index in [0.29, 0.717) is 0 Å². The quantitative estimate of drug-likeness (QED) is 0.666. The number of rotatable bonds is 1. The minimum absolute atomic E-state index is 0.719. The molecule has 3 heteroatoms. The molecule has 0 saturated carbocycles. The number of anilines is 1. The van der Waals surface area contributed by atoms with Gasteiger partial charge in [0.25, 0.3) is 0 Å². The van der Waals surface area contributed by atoms with E-state index in [2.05, 4.69) is 35.8 Å². The smallest absolute Gasteiger partial charge is 0.171 e. The van der Waals surface area contributed by atoms with Crippen LogP contribution in [0.4, 0.5) is 5.69 Å². The Hall–Kier alpha value is -1.09. The van der Waals surface area contributed by atoms with Gasteiger partial charge in [-0.25, -0.2) is 0 Å². The SMILES string of the molecule is CCc1ccc2c(c1)CNC(=S)N2. The highest BCUT2D eigenvalue weighted by atomic mass is 32.1. The second kappa shape index (κ2) is 3.34. The molecular weight excluding hydrogens is 180 g/mol. The number of aryl methyl sites for hydroxylation is 1. The van der Waals surface area contributed by atoms with Crippen LogP contribution in [0.2, 0.25) is 0 Å². The average molecular weight is 192 g/mol. The van der Waals surface area contributed by atoms with Crippen LogP contribution in [0.1, 0.15) is 18.1 Å². The van der Waals surface area contributed by atoms with Crippen LogP contribution in [0.15, 0.2) is 18.2 Å². The molecule has 68 valence electrons. The lowest BCUT2D eigenvalue weighted by molar-refractivity contribution is 0.903. The van der Waals surface area contributed by atoms with Gasteiger partial charge in [-0.1, -0.05) is 19.1 Å². The third kappa shape index (κ3) is 1.65. The fourth-order valence-corrected chi connectivity index (χ4v) is 1.66. The molecule has 0 saturated heterocycles. The fraction of sp³-hybridized carbons (Fsp3) is 0.300. The number of hydrogen-bond acceptors (Lipinski definition) is 1. The van der Waals surface area contributed by atoms with Crippen molar-refractivity contribution in [2.75, 3.05) is 5.32 Å². The first kappa shape index (κ1) is 8.51. The Morgan fingerprint density at radius 3 is 3.08 bits per heavy atom. The van der Waals surface area contributed by atoms with Crippen LogP contribution in [0.3, 0.4) is 0 Å². The molecule has 0 bridgehead atoms. The van der Waals surface area contributed by atoms with Crippen LogP contribution in [0.5, 0.6) is 0 Å². The standard InChI is InChI=1S/C10H12N2S/c1-2-7-3-4-9-8(5-7)6-11-10(13)12-9/h3-5H,2,6H2,1H3,(H2,11,12,13). The molecule has 0 radical (unpaired) electrons. The fourth-order valence-electron chi connectivity index (χ4n) is 1.48. The van der Waals surface area contributed by atoms with E-state index in [-0.39, 0.29) is 0 Å². The van der Waals surface area contributed by atoms with Crippen molar-refractivity contribution in [1.29, 1.82) is 0 Å². The highest BCUT2D eigenvalue weighted by Crippen LogP contribution is 2.20. The van der Waals surface area contributed by atoms with Crippen molar-refractivity contribution in [3.05, 3.63) is 29.3 Å². The van der Waals surface area contributed by atoms with Crippen molar-refractivity contribution < 1.29 is 0 Å². The van der Waals surface area contributed by atoms with Gasteiger partial charge in [0.05, 0.1) is 0 Å². The first-order valence-electron chi connectivity index (χ1n) is 4.46. The van der Waals surface area contributed by atoms with Gasteiger partial charge >= 0.3 is 0 Å². The Labute approximate surface area is 83.3 Å². The third-order valence-corrected chi connectivity index (χ3v) is 2.51. The number of benzene rings is 1. The van der Waals surface area contributed by atoms with Gasteiger partial charge in [-0.2, -0.15) is 0 Å². The molecule has 0 unspecified atom stereocenters. The maximum absolute atomic E-state index is 5.02.